The standard InChI is InChI=1S/C15H16Cl2N2O3/c16-11-3-2-10(7-12(11)17)22-6-5-14(20)19-9-1-4-13(19)15(21)18-8-9/h2-3,7,9,13H,1,4-6,8H2,(H,18,21). The van der Waals surface area contributed by atoms with Crippen molar-refractivity contribution in [1.29, 1.82) is 0 Å². The van der Waals surface area contributed by atoms with E-state index in [4.69, 9.17) is 27.9 Å². The van der Waals surface area contributed by atoms with E-state index in [0.717, 1.165) is 12.8 Å². The summed E-state index contributed by atoms with van der Waals surface area (Å²) in [5.74, 6) is 0.483. The first kappa shape index (κ1) is 15.4. The van der Waals surface area contributed by atoms with Gasteiger partial charge in [-0.25, -0.2) is 0 Å². The van der Waals surface area contributed by atoms with Crippen LogP contribution in [0, 0.1) is 0 Å². The van der Waals surface area contributed by atoms with E-state index < -0.39 is 0 Å². The number of ether oxygens (including phenoxy) is 1. The summed E-state index contributed by atoms with van der Waals surface area (Å²) in [6, 6.07) is 4.79. The molecule has 7 heteroatoms. The molecule has 2 amide bonds. The third-order valence-corrected chi connectivity index (χ3v) is 4.82. The maximum Gasteiger partial charge on any atom is 0.242 e. The Balaban J connectivity index is 1.54. The van der Waals surface area contributed by atoms with Crippen molar-refractivity contribution in [3.8, 4) is 5.75 Å². The largest absolute Gasteiger partial charge is 0.493 e. The van der Waals surface area contributed by atoms with Crippen LogP contribution in [0.1, 0.15) is 19.3 Å². The lowest BCUT2D eigenvalue weighted by atomic mass is 10.2. The van der Waals surface area contributed by atoms with Crippen molar-refractivity contribution in [2.24, 2.45) is 0 Å². The summed E-state index contributed by atoms with van der Waals surface area (Å²) < 4.78 is 5.53. The molecule has 0 aromatic heterocycles. The van der Waals surface area contributed by atoms with Crippen LogP contribution >= 0.6 is 23.2 Å². The molecule has 2 atom stereocenters. The molecule has 1 aromatic carbocycles. The summed E-state index contributed by atoms with van der Waals surface area (Å²) >= 11 is 11.7. The summed E-state index contributed by atoms with van der Waals surface area (Å²) in [5.41, 5.74) is 0. The number of benzene rings is 1. The summed E-state index contributed by atoms with van der Waals surface area (Å²) in [7, 11) is 0. The minimum absolute atomic E-state index is 0.0394. The van der Waals surface area contributed by atoms with Gasteiger partial charge in [-0.3, -0.25) is 9.59 Å². The molecule has 2 aliphatic rings. The highest BCUT2D eigenvalue weighted by Crippen LogP contribution is 2.28. The summed E-state index contributed by atoms with van der Waals surface area (Å²) in [6.45, 7) is 0.795. The monoisotopic (exact) mass is 342 g/mol. The number of carbonyl (C=O) groups is 2. The zero-order chi connectivity index (χ0) is 15.7. The molecule has 2 bridgehead atoms. The molecule has 2 saturated heterocycles. The number of rotatable bonds is 4. The Morgan fingerprint density at radius 2 is 2.14 bits per heavy atom. The van der Waals surface area contributed by atoms with E-state index in [2.05, 4.69) is 5.32 Å². The molecule has 2 unspecified atom stereocenters. The van der Waals surface area contributed by atoms with Gasteiger partial charge in [0.1, 0.15) is 11.8 Å². The number of hydrogen-bond acceptors (Lipinski definition) is 3. The third-order valence-electron chi connectivity index (χ3n) is 4.08. The molecule has 118 valence electrons. The maximum absolute atomic E-state index is 12.3. The minimum Gasteiger partial charge on any atom is -0.493 e. The topological polar surface area (TPSA) is 58.6 Å². The van der Waals surface area contributed by atoms with Crippen LogP contribution in [0.3, 0.4) is 0 Å². The fourth-order valence-corrected chi connectivity index (χ4v) is 3.29. The highest BCUT2D eigenvalue weighted by molar-refractivity contribution is 6.42. The van der Waals surface area contributed by atoms with Crippen LogP contribution in [0.25, 0.3) is 0 Å². The third kappa shape index (κ3) is 3.01. The quantitative estimate of drug-likeness (QED) is 0.912. The van der Waals surface area contributed by atoms with Crippen molar-refractivity contribution < 1.29 is 14.3 Å². The lowest BCUT2D eigenvalue weighted by Crippen LogP contribution is -2.57. The molecule has 22 heavy (non-hydrogen) atoms. The summed E-state index contributed by atoms with van der Waals surface area (Å²) in [6.07, 6.45) is 1.86. The fourth-order valence-electron chi connectivity index (χ4n) is 3.01. The number of hydrogen-bond donors (Lipinski definition) is 1. The van der Waals surface area contributed by atoms with E-state index in [1.54, 1.807) is 23.1 Å². The number of fused-ring (bicyclic) bond motifs is 2. The van der Waals surface area contributed by atoms with Gasteiger partial charge in [0.2, 0.25) is 11.8 Å². The maximum atomic E-state index is 12.3. The highest BCUT2D eigenvalue weighted by Gasteiger charge is 2.43. The Labute approximate surface area is 138 Å². The van der Waals surface area contributed by atoms with E-state index >= 15 is 0 Å². The zero-order valence-electron chi connectivity index (χ0n) is 11.9. The average Bonchev–Trinajstić information content (AvgIpc) is 2.83. The van der Waals surface area contributed by atoms with Crippen LogP contribution in [-0.2, 0) is 9.59 Å². The Kier molecular flexibility index (Phi) is 4.45. The van der Waals surface area contributed by atoms with Gasteiger partial charge in [-0.05, 0) is 25.0 Å². The van der Waals surface area contributed by atoms with Crippen LogP contribution in [0.2, 0.25) is 10.0 Å². The zero-order valence-corrected chi connectivity index (χ0v) is 13.4. The molecule has 0 spiro atoms. The molecule has 0 saturated carbocycles. The smallest absolute Gasteiger partial charge is 0.242 e. The lowest BCUT2D eigenvalue weighted by Gasteiger charge is -2.34. The van der Waals surface area contributed by atoms with Gasteiger partial charge in [0.15, 0.2) is 0 Å². The first-order valence-electron chi connectivity index (χ1n) is 7.23. The Morgan fingerprint density at radius 1 is 1.32 bits per heavy atom. The summed E-state index contributed by atoms with van der Waals surface area (Å²) in [5, 5.41) is 3.70. The fraction of sp³-hybridized carbons (Fsp3) is 0.467. The summed E-state index contributed by atoms with van der Waals surface area (Å²) in [4.78, 5) is 25.8. The van der Waals surface area contributed by atoms with Gasteiger partial charge in [0, 0.05) is 18.7 Å². The predicted octanol–water partition coefficient (Wildman–Crippen LogP) is 2.25. The van der Waals surface area contributed by atoms with Crippen molar-refractivity contribution in [3.63, 3.8) is 0 Å². The number of carbonyl (C=O) groups excluding carboxylic acids is 2. The first-order chi connectivity index (χ1) is 10.6. The molecule has 1 aromatic rings. The molecule has 2 aliphatic heterocycles. The molecule has 3 rings (SSSR count). The molecule has 0 radical (unpaired) electrons. The molecule has 2 fully saturated rings. The normalized spacial score (nSPS) is 23.4. The van der Waals surface area contributed by atoms with Crippen molar-refractivity contribution >= 4 is 35.0 Å². The van der Waals surface area contributed by atoms with Crippen molar-refractivity contribution in [3.05, 3.63) is 28.2 Å². The number of nitrogens with zero attached hydrogens (tertiary/aromatic N) is 1. The van der Waals surface area contributed by atoms with E-state index in [1.807, 2.05) is 0 Å². The SMILES string of the molecule is O=C1NCC2CCC1N2C(=O)CCOc1ccc(Cl)c(Cl)c1. The van der Waals surface area contributed by atoms with Crippen molar-refractivity contribution in [2.75, 3.05) is 13.2 Å². The number of amides is 2. The first-order valence-corrected chi connectivity index (χ1v) is 7.98. The average molecular weight is 343 g/mol. The highest BCUT2D eigenvalue weighted by atomic mass is 35.5. The lowest BCUT2D eigenvalue weighted by molar-refractivity contribution is -0.143. The van der Waals surface area contributed by atoms with Crippen LogP contribution in [-0.4, -0.2) is 41.9 Å². The van der Waals surface area contributed by atoms with Crippen LogP contribution in [0.15, 0.2) is 18.2 Å². The molecule has 0 aliphatic carbocycles. The minimum atomic E-state index is -0.309. The van der Waals surface area contributed by atoms with Crippen LogP contribution < -0.4 is 10.1 Å². The van der Waals surface area contributed by atoms with Crippen molar-refractivity contribution in [2.45, 2.75) is 31.3 Å². The van der Waals surface area contributed by atoms with Crippen LogP contribution in [0.4, 0.5) is 0 Å². The van der Waals surface area contributed by atoms with Crippen molar-refractivity contribution in [1.82, 2.24) is 10.2 Å². The number of halogens is 2. The van der Waals surface area contributed by atoms with Gasteiger partial charge < -0.3 is 15.0 Å². The van der Waals surface area contributed by atoms with Gasteiger partial charge in [-0.1, -0.05) is 23.2 Å². The second-order valence-corrected chi connectivity index (χ2v) is 6.28. The van der Waals surface area contributed by atoms with Gasteiger partial charge in [0.25, 0.3) is 0 Å². The second kappa shape index (κ2) is 6.34. The second-order valence-electron chi connectivity index (χ2n) is 5.47. The Morgan fingerprint density at radius 3 is 2.91 bits per heavy atom. The van der Waals surface area contributed by atoms with E-state index in [1.165, 1.54) is 0 Å². The predicted molar refractivity (Wildman–Crippen MR) is 83.2 cm³/mol. The molecule has 5 nitrogen and oxygen atoms in total. The van der Waals surface area contributed by atoms with Gasteiger partial charge in [0.05, 0.1) is 23.1 Å². The Hall–Kier alpha value is -1.46. The van der Waals surface area contributed by atoms with Crippen LogP contribution in [0.5, 0.6) is 5.75 Å². The molecular weight excluding hydrogens is 327 g/mol. The Bertz CT molecular complexity index is 608. The molecule has 2 heterocycles. The molecule has 1 N–H and O–H groups in total. The molecular formula is C15H16Cl2N2O3. The van der Waals surface area contributed by atoms with Gasteiger partial charge in [-0.15, -0.1) is 0 Å². The van der Waals surface area contributed by atoms with Gasteiger partial charge in [-0.2, -0.15) is 0 Å². The van der Waals surface area contributed by atoms with E-state index in [0.29, 0.717) is 22.3 Å². The number of piperazine rings is 1. The van der Waals surface area contributed by atoms with E-state index in [9.17, 15) is 9.59 Å². The van der Waals surface area contributed by atoms with Gasteiger partial charge >= 0.3 is 0 Å². The number of nitrogens with one attached hydrogen (secondary N) is 1. The van der Waals surface area contributed by atoms with E-state index in [-0.39, 0.29) is 36.9 Å².